The van der Waals surface area contributed by atoms with Crippen LogP contribution in [0.1, 0.15) is 26.2 Å². The summed E-state index contributed by atoms with van der Waals surface area (Å²) in [5, 5.41) is 3.27. The van der Waals surface area contributed by atoms with Crippen LogP contribution >= 0.6 is 0 Å². The van der Waals surface area contributed by atoms with Crippen LogP contribution in [-0.4, -0.2) is 75.7 Å². The molecule has 5 nitrogen and oxygen atoms in total. The maximum Gasteiger partial charge on any atom is 0.327 e. The zero-order chi connectivity index (χ0) is 15.2. The Morgan fingerprint density at radius 2 is 1.95 bits per heavy atom. The van der Waals surface area contributed by atoms with Crippen molar-refractivity contribution in [2.24, 2.45) is 5.92 Å². The van der Waals surface area contributed by atoms with Crippen molar-refractivity contribution in [1.82, 2.24) is 15.1 Å². The van der Waals surface area contributed by atoms with Gasteiger partial charge in [-0.3, -0.25) is 0 Å². The number of nitrogens with one attached hydrogen (secondary N) is 1. The van der Waals surface area contributed by atoms with Gasteiger partial charge >= 0.3 is 5.97 Å². The normalized spacial score (nSPS) is 18.4. The molecule has 0 radical (unpaired) electrons. The largest absolute Gasteiger partial charge is 0.465 e. The Kier molecular flexibility index (Phi) is 6.92. The molecule has 0 amide bonds. The lowest BCUT2D eigenvalue weighted by atomic mass is 9.92. The second-order valence-electron chi connectivity index (χ2n) is 6.11. The van der Waals surface area contributed by atoms with Gasteiger partial charge < -0.3 is 19.9 Å². The number of carbonyl (C=O) groups excluding carboxylic acids is 1. The summed E-state index contributed by atoms with van der Waals surface area (Å²) in [6.07, 6.45) is 3.34. The molecule has 0 saturated heterocycles. The van der Waals surface area contributed by atoms with Gasteiger partial charge in [-0.05, 0) is 73.4 Å². The SMILES string of the molecule is CCOC(=O)C(CN(C)CCCN(C)C)(NC)C1CC1. The summed E-state index contributed by atoms with van der Waals surface area (Å²) in [4.78, 5) is 16.8. The number of ether oxygens (including phenoxy) is 1. The molecule has 1 unspecified atom stereocenters. The van der Waals surface area contributed by atoms with Crippen molar-refractivity contribution < 1.29 is 9.53 Å². The molecule has 0 bridgehead atoms. The molecule has 1 saturated carbocycles. The van der Waals surface area contributed by atoms with E-state index in [1.807, 2.05) is 14.0 Å². The molecule has 1 fully saturated rings. The van der Waals surface area contributed by atoms with Crippen LogP contribution < -0.4 is 5.32 Å². The van der Waals surface area contributed by atoms with Crippen molar-refractivity contribution in [3.8, 4) is 0 Å². The topological polar surface area (TPSA) is 44.8 Å². The predicted molar refractivity (Wildman–Crippen MR) is 81.8 cm³/mol. The van der Waals surface area contributed by atoms with Gasteiger partial charge in [0.1, 0.15) is 5.54 Å². The van der Waals surface area contributed by atoms with Crippen LogP contribution in [0.2, 0.25) is 0 Å². The number of esters is 1. The molecule has 0 heterocycles. The fourth-order valence-electron chi connectivity index (χ4n) is 2.74. The number of nitrogens with zero attached hydrogens (tertiary/aromatic N) is 2. The van der Waals surface area contributed by atoms with Gasteiger partial charge in [0.2, 0.25) is 0 Å². The molecule has 1 aliphatic rings. The lowest BCUT2D eigenvalue weighted by molar-refractivity contribution is -0.153. The van der Waals surface area contributed by atoms with Crippen LogP contribution in [0, 0.1) is 5.92 Å². The van der Waals surface area contributed by atoms with Gasteiger partial charge in [0, 0.05) is 6.54 Å². The Labute approximate surface area is 123 Å². The lowest BCUT2D eigenvalue weighted by Gasteiger charge is -2.35. The molecule has 1 atom stereocenters. The van der Waals surface area contributed by atoms with Crippen molar-refractivity contribution in [2.45, 2.75) is 31.7 Å². The zero-order valence-electron chi connectivity index (χ0n) is 13.7. The lowest BCUT2D eigenvalue weighted by Crippen LogP contribution is -2.59. The number of hydrogen-bond donors (Lipinski definition) is 1. The van der Waals surface area contributed by atoms with Crippen molar-refractivity contribution >= 4 is 5.97 Å². The van der Waals surface area contributed by atoms with Crippen molar-refractivity contribution in [1.29, 1.82) is 0 Å². The number of carbonyl (C=O) groups is 1. The highest BCUT2D eigenvalue weighted by molar-refractivity contribution is 5.82. The molecule has 0 aromatic rings. The highest BCUT2D eigenvalue weighted by Gasteiger charge is 2.51. The van der Waals surface area contributed by atoms with Crippen LogP contribution in [0.5, 0.6) is 0 Å². The third-order valence-corrected chi connectivity index (χ3v) is 4.02. The number of hydrogen-bond acceptors (Lipinski definition) is 5. The summed E-state index contributed by atoms with van der Waals surface area (Å²) in [6.45, 7) is 5.10. The molecule has 1 aliphatic carbocycles. The predicted octanol–water partition coefficient (Wildman–Crippen LogP) is 0.801. The van der Waals surface area contributed by atoms with Gasteiger partial charge in [-0.2, -0.15) is 0 Å². The van der Waals surface area contributed by atoms with Gasteiger partial charge in [0.15, 0.2) is 0 Å². The van der Waals surface area contributed by atoms with E-state index in [1.165, 1.54) is 0 Å². The highest BCUT2D eigenvalue weighted by atomic mass is 16.5. The van der Waals surface area contributed by atoms with Crippen LogP contribution in [0.3, 0.4) is 0 Å². The molecule has 0 spiro atoms. The number of rotatable bonds is 10. The van der Waals surface area contributed by atoms with Gasteiger partial charge in [0.25, 0.3) is 0 Å². The molecular weight excluding hydrogens is 254 g/mol. The molecule has 1 N–H and O–H groups in total. The van der Waals surface area contributed by atoms with Crippen molar-refractivity contribution in [3.63, 3.8) is 0 Å². The monoisotopic (exact) mass is 285 g/mol. The van der Waals surface area contributed by atoms with Gasteiger partial charge in [-0.1, -0.05) is 0 Å². The molecule has 1 rings (SSSR count). The summed E-state index contributed by atoms with van der Waals surface area (Å²) in [5.41, 5.74) is -0.525. The van der Waals surface area contributed by atoms with Gasteiger partial charge in [0.05, 0.1) is 6.61 Å². The third kappa shape index (κ3) is 4.72. The third-order valence-electron chi connectivity index (χ3n) is 4.02. The van der Waals surface area contributed by atoms with Crippen molar-refractivity contribution in [3.05, 3.63) is 0 Å². The minimum atomic E-state index is -0.525. The summed E-state index contributed by atoms with van der Waals surface area (Å²) >= 11 is 0. The minimum Gasteiger partial charge on any atom is -0.465 e. The summed E-state index contributed by atoms with van der Waals surface area (Å²) in [5.74, 6) is 0.326. The Morgan fingerprint density at radius 3 is 2.40 bits per heavy atom. The van der Waals surface area contributed by atoms with Crippen molar-refractivity contribution in [2.75, 3.05) is 54.4 Å². The average molecular weight is 285 g/mol. The van der Waals surface area contributed by atoms with E-state index in [9.17, 15) is 4.79 Å². The summed E-state index contributed by atoms with van der Waals surface area (Å²) < 4.78 is 5.31. The first kappa shape index (κ1) is 17.4. The zero-order valence-corrected chi connectivity index (χ0v) is 13.7. The second kappa shape index (κ2) is 7.96. The van der Waals surface area contributed by atoms with E-state index in [4.69, 9.17) is 4.74 Å². The summed E-state index contributed by atoms with van der Waals surface area (Å²) in [7, 11) is 8.13. The standard InChI is InChI=1S/C15H31N3O2/c1-6-20-14(19)15(16-2,13-8-9-13)12-18(5)11-7-10-17(3)4/h13,16H,6-12H2,1-5H3. The van der Waals surface area contributed by atoms with Gasteiger partial charge in [-0.15, -0.1) is 0 Å². The first-order valence-electron chi connectivity index (χ1n) is 7.65. The maximum absolute atomic E-state index is 12.4. The van der Waals surface area contributed by atoms with E-state index in [-0.39, 0.29) is 5.97 Å². The average Bonchev–Trinajstić information content (AvgIpc) is 3.20. The van der Waals surface area contributed by atoms with E-state index in [2.05, 4.69) is 36.3 Å². The quantitative estimate of drug-likeness (QED) is 0.602. The van der Waals surface area contributed by atoms with E-state index in [0.29, 0.717) is 12.5 Å². The maximum atomic E-state index is 12.4. The molecule has 5 heteroatoms. The van der Waals surface area contributed by atoms with Crippen LogP contribution in [0.25, 0.3) is 0 Å². The first-order chi connectivity index (χ1) is 9.46. The van der Waals surface area contributed by atoms with Crippen LogP contribution in [-0.2, 0) is 9.53 Å². The fraction of sp³-hybridized carbons (Fsp3) is 0.933. The Morgan fingerprint density at radius 1 is 1.30 bits per heavy atom. The Hall–Kier alpha value is -0.650. The van der Waals surface area contributed by atoms with E-state index in [0.717, 1.165) is 38.9 Å². The molecule has 20 heavy (non-hydrogen) atoms. The first-order valence-corrected chi connectivity index (χ1v) is 7.65. The van der Waals surface area contributed by atoms with E-state index in [1.54, 1.807) is 0 Å². The molecular formula is C15H31N3O2. The van der Waals surface area contributed by atoms with Crippen LogP contribution in [0.15, 0.2) is 0 Å². The van der Waals surface area contributed by atoms with E-state index >= 15 is 0 Å². The second-order valence-corrected chi connectivity index (χ2v) is 6.11. The minimum absolute atomic E-state index is 0.0931. The Balaban J connectivity index is 2.58. The highest BCUT2D eigenvalue weighted by Crippen LogP contribution is 2.40. The molecule has 0 aliphatic heterocycles. The molecule has 0 aromatic heterocycles. The molecule has 0 aromatic carbocycles. The van der Waals surface area contributed by atoms with Gasteiger partial charge in [-0.25, -0.2) is 4.79 Å². The smallest absolute Gasteiger partial charge is 0.327 e. The summed E-state index contributed by atoms with van der Waals surface area (Å²) in [6, 6.07) is 0. The van der Waals surface area contributed by atoms with Crippen LogP contribution in [0.4, 0.5) is 0 Å². The number of likely N-dealkylation sites (N-methyl/N-ethyl adjacent to an activating group) is 2. The molecule has 118 valence electrons. The fourth-order valence-corrected chi connectivity index (χ4v) is 2.74. The Bertz CT molecular complexity index is 305. The van der Waals surface area contributed by atoms with E-state index < -0.39 is 5.54 Å².